The minimum Gasteiger partial charge on any atom is -0.340 e. The molecule has 6 heteroatoms. The van der Waals surface area contributed by atoms with Gasteiger partial charge in [0, 0.05) is 19.1 Å². The second-order valence-electron chi connectivity index (χ2n) is 5.79. The number of aromatic amines is 1. The van der Waals surface area contributed by atoms with Crippen LogP contribution < -0.4 is 5.32 Å². The zero-order valence-electron chi connectivity index (χ0n) is 11.3. The number of hydrogen-bond donors (Lipinski definition) is 2. The first kappa shape index (κ1) is 14.2. The molecule has 0 aromatic carbocycles. The van der Waals surface area contributed by atoms with Crippen LogP contribution in [0.3, 0.4) is 0 Å². The first-order valence-corrected chi connectivity index (χ1v) is 7.95. The predicted octanol–water partition coefficient (Wildman–Crippen LogP) is 2.93. The molecule has 1 aliphatic heterocycles. The van der Waals surface area contributed by atoms with Gasteiger partial charge in [-0.3, -0.25) is 4.79 Å². The Labute approximate surface area is 128 Å². The molecule has 110 valence electrons. The van der Waals surface area contributed by atoms with Gasteiger partial charge in [0.25, 0.3) is 5.91 Å². The van der Waals surface area contributed by atoms with Crippen LogP contribution in [0.25, 0.3) is 0 Å². The Morgan fingerprint density at radius 3 is 2.65 bits per heavy atom. The van der Waals surface area contributed by atoms with Crippen molar-refractivity contribution in [1.82, 2.24) is 15.2 Å². The smallest absolute Gasteiger partial charge is 0.270 e. The Morgan fingerprint density at radius 2 is 2.10 bits per heavy atom. The van der Waals surface area contributed by atoms with Gasteiger partial charge in [0.15, 0.2) is 0 Å². The van der Waals surface area contributed by atoms with E-state index in [-0.39, 0.29) is 5.91 Å². The highest BCUT2D eigenvalue weighted by Gasteiger charge is 2.30. The second-order valence-corrected chi connectivity index (χ2v) is 6.58. The molecule has 2 heterocycles. The number of nitrogens with zero attached hydrogens (tertiary/aromatic N) is 1. The van der Waals surface area contributed by atoms with Crippen LogP contribution in [0.15, 0.2) is 6.07 Å². The number of H-pyrrole nitrogens is 1. The summed E-state index contributed by atoms with van der Waals surface area (Å²) in [5, 5.41) is 4.18. The van der Waals surface area contributed by atoms with Crippen molar-refractivity contribution in [3.63, 3.8) is 0 Å². The topological polar surface area (TPSA) is 48.1 Å². The maximum atomic E-state index is 12.6. The highest BCUT2D eigenvalue weighted by atomic mass is 35.5. The fraction of sp³-hybridized carbons (Fsp3) is 0.643. The van der Waals surface area contributed by atoms with Gasteiger partial charge in [-0.2, -0.15) is 0 Å². The lowest BCUT2D eigenvalue weighted by molar-refractivity contribution is 0.0728. The van der Waals surface area contributed by atoms with Crippen LogP contribution in [0.1, 0.15) is 36.2 Å². The summed E-state index contributed by atoms with van der Waals surface area (Å²) >= 11 is 11.8. The average Bonchev–Trinajstić information content (AvgIpc) is 2.96. The molecule has 4 nitrogen and oxygen atoms in total. The van der Waals surface area contributed by atoms with Gasteiger partial charge in [0.05, 0.1) is 5.02 Å². The Bertz CT molecular complexity index is 473. The average molecular weight is 316 g/mol. The van der Waals surface area contributed by atoms with E-state index in [9.17, 15) is 4.79 Å². The van der Waals surface area contributed by atoms with Crippen molar-refractivity contribution in [3.8, 4) is 0 Å². The number of aromatic nitrogens is 1. The third-order valence-corrected chi connectivity index (χ3v) is 4.71. The third kappa shape index (κ3) is 3.30. The van der Waals surface area contributed by atoms with Crippen molar-refractivity contribution < 1.29 is 4.79 Å². The fourth-order valence-electron chi connectivity index (χ4n) is 2.72. The summed E-state index contributed by atoms with van der Waals surface area (Å²) in [6.07, 6.45) is 4.79. The van der Waals surface area contributed by atoms with E-state index < -0.39 is 0 Å². The second kappa shape index (κ2) is 5.96. The van der Waals surface area contributed by atoms with E-state index in [1.165, 1.54) is 19.3 Å². The minimum absolute atomic E-state index is 0.000556. The molecule has 20 heavy (non-hydrogen) atoms. The number of carbonyl (C=O) groups is 1. The summed E-state index contributed by atoms with van der Waals surface area (Å²) in [5.41, 5.74) is 0.485. The maximum absolute atomic E-state index is 12.6. The highest BCUT2D eigenvalue weighted by molar-refractivity contribution is 6.41. The van der Waals surface area contributed by atoms with E-state index >= 15 is 0 Å². The van der Waals surface area contributed by atoms with Crippen molar-refractivity contribution in [3.05, 3.63) is 21.9 Å². The van der Waals surface area contributed by atoms with Crippen LogP contribution in [0.5, 0.6) is 0 Å². The van der Waals surface area contributed by atoms with Crippen LogP contribution in [0.2, 0.25) is 10.2 Å². The maximum Gasteiger partial charge on any atom is 0.270 e. The highest BCUT2D eigenvalue weighted by Crippen LogP contribution is 2.31. The minimum atomic E-state index is -0.000556. The molecule has 1 aliphatic carbocycles. The van der Waals surface area contributed by atoms with E-state index in [0.29, 0.717) is 27.8 Å². The number of nitrogens with one attached hydrogen (secondary N) is 2. The molecule has 2 N–H and O–H groups in total. The lowest BCUT2D eigenvalue weighted by atomic mass is 10.2. The van der Waals surface area contributed by atoms with Crippen molar-refractivity contribution in [2.45, 2.75) is 31.7 Å². The molecular formula is C14H19Cl2N3O. The SMILES string of the molecule is O=C(c1cc(Cl)c(Cl)[nH]1)N(CC1CC1)CC1CCCN1. The first-order valence-electron chi connectivity index (χ1n) is 7.20. The van der Waals surface area contributed by atoms with Crippen molar-refractivity contribution >= 4 is 29.1 Å². The van der Waals surface area contributed by atoms with Crippen LogP contribution in [-0.4, -0.2) is 41.5 Å². The van der Waals surface area contributed by atoms with Gasteiger partial charge in [-0.25, -0.2) is 0 Å². The van der Waals surface area contributed by atoms with Crippen molar-refractivity contribution in [2.24, 2.45) is 5.92 Å². The van der Waals surface area contributed by atoms with Gasteiger partial charge < -0.3 is 15.2 Å². The third-order valence-electron chi connectivity index (χ3n) is 4.02. The van der Waals surface area contributed by atoms with Gasteiger partial charge in [-0.1, -0.05) is 23.2 Å². The molecule has 1 aromatic rings. The molecule has 2 aliphatic rings. The summed E-state index contributed by atoms with van der Waals surface area (Å²) in [6.45, 7) is 2.66. The van der Waals surface area contributed by atoms with Crippen LogP contribution in [0, 0.1) is 5.92 Å². The van der Waals surface area contributed by atoms with Gasteiger partial charge >= 0.3 is 0 Å². The van der Waals surface area contributed by atoms with Crippen molar-refractivity contribution in [1.29, 1.82) is 0 Å². The summed E-state index contributed by atoms with van der Waals surface area (Å²) in [4.78, 5) is 17.4. The van der Waals surface area contributed by atoms with E-state index in [1.807, 2.05) is 4.90 Å². The molecule has 1 saturated heterocycles. The standard InChI is InChI=1S/C14H19Cl2N3O/c15-11-6-12(18-13(11)16)14(20)19(7-9-3-4-9)8-10-2-1-5-17-10/h6,9-10,17-18H,1-5,7-8H2. The Morgan fingerprint density at radius 1 is 1.30 bits per heavy atom. The molecule has 1 atom stereocenters. The van der Waals surface area contributed by atoms with E-state index in [4.69, 9.17) is 23.2 Å². The van der Waals surface area contributed by atoms with Gasteiger partial charge in [-0.15, -0.1) is 0 Å². The summed E-state index contributed by atoms with van der Waals surface area (Å²) in [5.74, 6) is 0.667. The molecular weight excluding hydrogens is 297 g/mol. The number of rotatable bonds is 5. The molecule has 2 fully saturated rings. The van der Waals surface area contributed by atoms with Crippen LogP contribution in [-0.2, 0) is 0 Å². The molecule has 0 radical (unpaired) electrons. The Hall–Kier alpha value is -0.710. The fourth-order valence-corrected chi connectivity index (χ4v) is 3.03. The quantitative estimate of drug-likeness (QED) is 0.877. The lowest BCUT2D eigenvalue weighted by Gasteiger charge is -2.25. The molecule has 1 saturated carbocycles. The number of amides is 1. The molecule has 1 aromatic heterocycles. The monoisotopic (exact) mass is 315 g/mol. The summed E-state index contributed by atoms with van der Waals surface area (Å²) in [7, 11) is 0. The van der Waals surface area contributed by atoms with Crippen molar-refractivity contribution in [2.75, 3.05) is 19.6 Å². The molecule has 0 spiro atoms. The summed E-state index contributed by atoms with van der Waals surface area (Å²) < 4.78 is 0. The zero-order valence-corrected chi connectivity index (χ0v) is 12.8. The van der Waals surface area contributed by atoms with Crippen LogP contribution >= 0.6 is 23.2 Å². The lowest BCUT2D eigenvalue weighted by Crippen LogP contribution is -2.42. The van der Waals surface area contributed by atoms with E-state index in [0.717, 1.165) is 26.1 Å². The van der Waals surface area contributed by atoms with E-state index in [2.05, 4.69) is 10.3 Å². The number of hydrogen-bond acceptors (Lipinski definition) is 2. The number of carbonyl (C=O) groups excluding carboxylic acids is 1. The molecule has 1 amide bonds. The normalized spacial score (nSPS) is 22.2. The zero-order chi connectivity index (χ0) is 14.1. The Kier molecular flexibility index (Phi) is 4.24. The summed E-state index contributed by atoms with van der Waals surface area (Å²) in [6, 6.07) is 2.03. The first-order chi connectivity index (χ1) is 9.63. The molecule has 1 unspecified atom stereocenters. The van der Waals surface area contributed by atoms with E-state index in [1.54, 1.807) is 6.07 Å². The molecule has 3 rings (SSSR count). The predicted molar refractivity (Wildman–Crippen MR) is 80.5 cm³/mol. The molecule has 0 bridgehead atoms. The largest absolute Gasteiger partial charge is 0.340 e. The Balaban J connectivity index is 1.70. The van der Waals surface area contributed by atoms with Gasteiger partial charge in [0.2, 0.25) is 0 Å². The number of halogens is 2. The van der Waals surface area contributed by atoms with Gasteiger partial charge in [0.1, 0.15) is 10.8 Å². The van der Waals surface area contributed by atoms with Crippen LogP contribution in [0.4, 0.5) is 0 Å². The van der Waals surface area contributed by atoms with Gasteiger partial charge in [-0.05, 0) is 44.2 Å².